The second kappa shape index (κ2) is 13.4. The number of hydrogen-bond acceptors (Lipinski definition) is 6. The number of nitrogens with one attached hydrogen (secondary N) is 2. The van der Waals surface area contributed by atoms with Gasteiger partial charge >= 0.3 is 6.03 Å². The lowest BCUT2D eigenvalue weighted by Crippen LogP contribution is -2.49. The molecule has 2 aromatic rings. The van der Waals surface area contributed by atoms with Gasteiger partial charge in [-0.1, -0.05) is 18.2 Å². The van der Waals surface area contributed by atoms with Gasteiger partial charge in [-0.2, -0.15) is 0 Å². The molecule has 0 bridgehead atoms. The topological polar surface area (TPSA) is 96.0 Å². The summed E-state index contributed by atoms with van der Waals surface area (Å²) >= 11 is 0. The fourth-order valence-corrected chi connectivity index (χ4v) is 3.53. The molecule has 1 fully saturated rings. The highest BCUT2D eigenvalue weighted by Crippen LogP contribution is 2.13. The van der Waals surface area contributed by atoms with Gasteiger partial charge < -0.3 is 29.9 Å². The van der Waals surface area contributed by atoms with Crippen LogP contribution in [0.5, 0.6) is 0 Å². The average molecular weight is 456 g/mol. The van der Waals surface area contributed by atoms with Crippen molar-refractivity contribution >= 4 is 23.4 Å². The number of nitrogens with zero attached hydrogens (tertiary/aromatic N) is 3. The molecule has 0 saturated carbocycles. The Morgan fingerprint density at radius 3 is 2.61 bits per heavy atom. The molecule has 1 aromatic carbocycles. The minimum Gasteiger partial charge on any atom is -0.379 e. The predicted octanol–water partition coefficient (Wildman–Crippen LogP) is 2.50. The third-order valence-electron chi connectivity index (χ3n) is 5.26. The molecule has 1 aromatic heterocycles. The van der Waals surface area contributed by atoms with Crippen molar-refractivity contribution < 1.29 is 19.1 Å². The molecule has 9 heteroatoms. The number of carbonyl (C=O) groups excluding carboxylic acids is 2. The zero-order valence-electron chi connectivity index (χ0n) is 19.2. The van der Waals surface area contributed by atoms with E-state index in [1.165, 1.54) is 0 Å². The Morgan fingerprint density at radius 2 is 1.85 bits per heavy atom. The number of piperazine rings is 1. The summed E-state index contributed by atoms with van der Waals surface area (Å²) in [6, 6.07) is 13.0. The third kappa shape index (κ3) is 8.36. The second-order valence-electron chi connectivity index (χ2n) is 7.64. The third-order valence-corrected chi connectivity index (χ3v) is 5.26. The molecule has 33 heavy (non-hydrogen) atoms. The molecule has 3 rings (SSSR count). The lowest BCUT2D eigenvalue weighted by Gasteiger charge is -2.35. The summed E-state index contributed by atoms with van der Waals surface area (Å²) in [6.45, 7) is 7.26. The van der Waals surface area contributed by atoms with E-state index < -0.39 is 0 Å². The standard InChI is InChI=1S/C24H33N5O4/c1-2-32-16-17-33-19-20-6-5-7-21(18-20)27-24(31)26-11-9-23(30)29-14-12-28(13-15-29)22-8-3-4-10-25-22/h3-8,10,18H,2,9,11-17,19H2,1H3,(H2,26,27,31). The highest BCUT2D eigenvalue weighted by Gasteiger charge is 2.21. The number of aromatic nitrogens is 1. The zero-order valence-corrected chi connectivity index (χ0v) is 19.2. The van der Waals surface area contributed by atoms with Crippen LogP contribution in [0.3, 0.4) is 0 Å². The number of benzene rings is 1. The number of ether oxygens (including phenoxy) is 2. The summed E-state index contributed by atoms with van der Waals surface area (Å²) in [6.07, 6.45) is 2.04. The van der Waals surface area contributed by atoms with Gasteiger partial charge in [-0.15, -0.1) is 0 Å². The van der Waals surface area contributed by atoms with Crippen LogP contribution in [0.1, 0.15) is 18.9 Å². The number of rotatable bonds is 11. The summed E-state index contributed by atoms with van der Waals surface area (Å²) in [4.78, 5) is 33.1. The fourth-order valence-electron chi connectivity index (χ4n) is 3.53. The van der Waals surface area contributed by atoms with Crippen molar-refractivity contribution in [3.8, 4) is 0 Å². The van der Waals surface area contributed by atoms with Crippen LogP contribution in [-0.4, -0.2) is 74.4 Å². The Labute approximate surface area is 195 Å². The summed E-state index contributed by atoms with van der Waals surface area (Å²) in [5.41, 5.74) is 1.64. The first-order chi connectivity index (χ1) is 16.2. The van der Waals surface area contributed by atoms with Crippen LogP contribution in [0, 0.1) is 0 Å². The molecule has 2 heterocycles. The lowest BCUT2D eigenvalue weighted by molar-refractivity contribution is -0.131. The van der Waals surface area contributed by atoms with Gasteiger partial charge in [0.2, 0.25) is 5.91 Å². The van der Waals surface area contributed by atoms with Crippen molar-refractivity contribution in [2.45, 2.75) is 20.0 Å². The van der Waals surface area contributed by atoms with Crippen LogP contribution < -0.4 is 15.5 Å². The van der Waals surface area contributed by atoms with Gasteiger partial charge in [0, 0.05) is 57.6 Å². The molecule has 178 valence electrons. The SMILES string of the molecule is CCOCCOCc1cccc(NC(=O)NCCC(=O)N2CCN(c3ccccn3)CC2)c1. The Hall–Kier alpha value is -3.17. The van der Waals surface area contributed by atoms with E-state index in [1.807, 2.05) is 54.3 Å². The van der Waals surface area contributed by atoms with Gasteiger partial charge in [-0.25, -0.2) is 9.78 Å². The zero-order chi connectivity index (χ0) is 23.3. The highest BCUT2D eigenvalue weighted by molar-refractivity contribution is 5.89. The number of urea groups is 1. The van der Waals surface area contributed by atoms with Crippen molar-refractivity contribution in [3.05, 3.63) is 54.2 Å². The van der Waals surface area contributed by atoms with Crippen LogP contribution in [0.15, 0.2) is 48.7 Å². The average Bonchev–Trinajstić information content (AvgIpc) is 2.85. The van der Waals surface area contributed by atoms with Crippen LogP contribution >= 0.6 is 0 Å². The Morgan fingerprint density at radius 1 is 1.03 bits per heavy atom. The largest absolute Gasteiger partial charge is 0.379 e. The maximum absolute atomic E-state index is 12.5. The smallest absolute Gasteiger partial charge is 0.319 e. The van der Waals surface area contributed by atoms with Crippen LogP contribution in [0.4, 0.5) is 16.3 Å². The first-order valence-electron chi connectivity index (χ1n) is 11.4. The summed E-state index contributed by atoms with van der Waals surface area (Å²) in [7, 11) is 0. The quantitative estimate of drug-likeness (QED) is 0.506. The normalized spacial score (nSPS) is 13.6. The van der Waals surface area contributed by atoms with Crippen molar-refractivity contribution in [2.24, 2.45) is 0 Å². The molecule has 0 spiro atoms. The molecule has 0 atom stereocenters. The minimum atomic E-state index is -0.336. The summed E-state index contributed by atoms with van der Waals surface area (Å²) in [5, 5.41) is 5.56. The number of hydrogen-bond donors (Lipinski definition) is 2. The molecular weight excluding hydrogens is 422 g/mol. The molecule has 1 saturated heterocycles. The van der Waals surface area contributed by atoms with E-state index in [4.69, 9.17) is 9.47 Å². The molecular formula is C24H33N5O4. The molecule has 9 nitrogen and oxygen atoms in total. The Balaban J connectivity index is 1.32. The number of carbonyl (C=O) groups is 2. The van der Waals surface area contributed by atoms with E-state index in [2.05, 4.69) is 20.5 Å². The number of anilines is 2. The monoisotopic (exact) mass is 455 g/mol. The van der Waals surface area contributed by atoms with Crippen LogP contribution in [0.25, 0.3) is 0 Å². The van der Waals surface area contributed by atoms with Gasteiger partial charge in [0.05, 0.1) is 19.8 Å². The first-order valence-corrected chi connectivity index (χ1v) is 11.4. The molecule has 0 aliphatic carbocycles. The van der Waals surface area contributed by atoms with Crippen LogP contribution in [-0.2, 0) is 20.9 Å². The van der Waals surface area contributed by atoms with Crippen molar-refractivity contribution in [2.75, 3.05) is 62.8 Å². The highest BCUT2D eigenvalue weighted by atomic mass is 16.5. The van der Waals surface area contributed by atoms with E-state index in [1.54, 1.807) is 6.20 Å². The first kappa shape index (κ1) is 24.5. The molecule has 2 N–H and O–H groups in total. The predicted molar refractivity (Wildman–Crippen MR) is 127 cm³/mol. The van der Waals surface area contributed by atoms with E-state index in [0.717, 1.165) is 24.5 Å². The molecule has 0 unspecified atom stereocenters. The van der Waals surface area contributed by atoms with Gasteiger partial charge in [0.25, 0.3) is 0 Å². The minimum absolute atomic E-state index is 0.0437. The van der Waals surface area contributed by atoms with Crippen molar-refractivity contribution in [1.82, 2.24) is 15.2 Å². The van der Waals surface area contributed by atoms with Gasteiger partial charge in [-0.3, -0.25) is 4.79 Å². The maximum Gasteiger partial charge on any atom is 0.319 e. The second-order valence-corrected chi connectivity index (χ2v) is 7.64. The van der Waals surface area contributed by atoms with Gasteiger partial charge in [0.15, 0.2) is 0 Å². The fraction of sp³-hybridized carbons (Fsp3) is 0.458. The van der Waals surface area contributed by atoms with Crippen LogP contribution in [0.2, 0.25) is 0 Å². The summed E-state index contributed by atoms with van der Waals surface area (Å²) < 4.78 is 10.8. The van der Waals surface area contributed by atoms with E-state index in [0.29, 0.717) is 45.2 Å². The molecule has 1 aliphatic rings. The van der Waals surface area contributed by atoms with Crippen molar-refractivity contribution in [3.63, 3.8) is 0 Å². The maximum atomic E-state index is 12.5. The molecule has 0 radical (unpaired) electrons. The number of pyridine rings is 1. The lowest BCUT2D eigenvalue weighted by atomic mass is 10.2. The van der Waals surface area contributed by atoms with E-state index in [9.17, 15) is 9.59 Å². The van der Waals surface area contributed by atoms with E-state index in [-0.39, 0.29) is 24.9 Å². The Bertz CT molecular complexity index is 872. The molecule has 1 aliphatic heterocycles. The molecule has 3 amide bonds. The van der Waals surface area contributed by atoms with Gasteiger partial charge in [-0.05, 0) is 36.8 Å². The number of amides is 3. The summed E-state index contributed by atoms with van der Waals surface area (Å²) in [5.74, 6) is 0.978. The van der Waals surface area contributed by atoms with Crippen molar-refractivity contribution in [1.29, 1.82) is 0 Å². The van der Waals surface area contributed by atoms with Gasteiger partial charge in [0.1, 0.15) is 5.82 Å². The van der Waals surface area contributed by atoms with E-state index >= 15 is 0 Å². The Kier molecular flexibility index (Phi) is 9.93.